The molecule has 0 radical (unpaired) electrons. The summed E-state index contributed by atoms with van der Waals surface area (Å²) in [6.07, 6.45) is 5.53. The minimum atomic E-state index is -0.493. The van der Waals surface area contributed by atoms with Crippen LogP contribution in [-0.2, 0) is 4.79 Å². The summed E-state index contributed by atoms with van der Waals surface area (Å²) in [5.41, 5.74) is 0.181. The second-order valence-corrected chi connectivity index (χ2v) is 5.05. The maximum absolute atomic E-state index is 13.8. The van der Waals surface area contributed by atoms with Gasteiger partial charge in [0.05, 0.1) is 10.7 Å². The molecule has 0 aliphatic carbocycles. The molecule has 2 rings (SSSR count). The largest absolute Gasteiger partial charge is 0.308 e. The number of terminal acetylenes is 1. The van der Waals surface area contributed by atoms with Gasteiger partial charge in [0.25, 0.3) is 0 Å². The van der Waals surface area contributed by atoms with Gasteiger partial charge in [0.2, 0.25) is 5.91 Å². The average molecular weight is 317 g/mol. The van der Waals surface area contributed by atoms with Crippen molar-refractivity contribution >= 4 is 39.1 Å². The van der Waals surface area contributed by atoms with Gasteiger partial charge in [0.15, 0.2) is 0 Å². The van der Waals surface area contributed by atoms with Gasteiger partial charge in [0, 0.05) is 23.4 Å². The van der Waals surface area contributed by atoms with Crippen LogP contribution in [0.25, 0.3) is 0 Å². The maximum atomic E-state index is 13.8. The van der Waals surface area contributed by atoms with E-state index in [1.807, 2.05) is 0 Å². The van der Waals surface area contributed by atoms with E-state index in [1.165, 1.54) is 17.0 Å². The van der Waals surface area contributed by atoms with Gasteiger partial charge in [-0.15, -0.1) is 12.3 Å². The van der Waals surface area contributed by atoms with E-state index in [9.17, 15) is 9.18 Å². The Morgan fingerprint density at radius 2 is 2.29 bits per heavy atom. The molecule has 1 saturated heterocycles. The van der Waals surface area contributed by atoms with Crippen LogP contribution in [0.1, 0.15) is 6.42 Å². The number of amides is 1. The first-order valence-electron chi connectivity index (χ1n) is 4.94. The quantitative estimate of drug-likeness (QED) is 0.575. The van der Waals surface area contributed by atoms with Crippen LogP contribution in [-0.4, -0.2) is 12.5 Å². The number of halogens is 3. The molecule has 0 bridgehead atoms. The molecular formula is C12H8BrClFNO. The van der Waals surface area contributed by atoms with Gasteiger partial charge in [0.1, 0.15) is 5.82 Å². The van der Waals surface area contributed by atoms with Crippen molar-refractivity contribution in [3.8, 4) is 12.3 Å². The monoisotopic (exact) mass is 315 g/mol. The molecule has 0 N–H and O–H groups in total. The Balaban J connectivity index is 2.39. The van der Waals surface area contributed by atoms with Crippen molar-refractivity contribution < 1.29 is 9.18 Å². The Morgan fingerprint density at radius 1 is 1.59 bits per heavy atom. The lowest BCUT2D eigenvalue weighted by atomic mass is 10.1. The number of carbonyl (C=O) groups excluding carboxylic acids is 1. The molecule has 1 heterocycles. The van der Waals surface area contributed by atoms with Crippen LogP contribution in [0.3, 0.4) is 0 Å². The zero-order valence-electron chi connectivity index (χ0n) is 8.71. The minimum Gasteiger partial charge on any atom is -0.308 e. The normalized spacial score (nSPS) is 19.5. The van der Waals surface area contributed by atoms with Crippen molar-refractivity contribution in [1.29, 1.82) is 0 Å². The van der Waals surface area contributed by atoms with Crippen LogP contribution in [0, 0.1) is 24.1 Å². The van der Waals surface area contributed by atoms with E-state index in [1.54, 1.807) is 0 Å². The smallest absolute Gasteiger partial charge is 0.228 e. The Bertz CT molecular complexity index is 526. The third kappa shape index (κ3) is 2.31. The third-order valence-corrected chi connectivity index (χ3v) is 3.84. The van der Waals surface area contributed by atoms with Crippen molar-refractivity contribution in [2.45, 2.75) is 6.42 Å². The van der Waals surface area contributed by atoms with Gasteiger partial charge in [-0.25, -0.2) is 4.39 Å². The molecular weight excluding hydrogens is 308 g/mol. The molecule has 1 aliphatic heterocycles. The second-order valence-electron chi connectivity index (χ2n) is 3.79. The predicted molar refractivity (Wildman–Crippen MR) is 68.4 cm³/mol. The average Bonchev–Trinajstić information content (AvgIpc) is 2.65. The van der Waals surface area contributed by atoms with E-state index in [2.05, 4.69) is 21.9 Å². The molecule has 88 valence electrons. The number of benzene rings is 1. The summed E-state index contributed by atoms with van der Waals surface area (Å²) in [6, 6.07) is 2.67. The van der Waals surface area contributed by atoms with Gasteiger partial charge in [-0.1, -0.05) is 11.6 Å². The molecule has 0 saturated carbocycles. The summed E-state index contributed by atoms with van der Waals surface area (Å²) in [6.45, 7) is 0.338. The van der Waals surface area contributed by atoms with Crippen LogP contribution in [0.2, 0.25) is 5.02 Å². The Morgan fingerprint density at radius 3 is 2.88 bits per heavy atom. The van der Waals surface area contributed by atoms with Crippen LogP contribution >= 0.6 is 27.5 Å². The van der Waals surface area contributed by atoms with Gasteiger partial charge in [-0.05, 0) is 28.1 Å². The zero-order chi connectivity index (χ0) is 12.6. The highest BCUT2D eigenvalue weighted by Gasteiger charge is 2.31. The summed E-state index contributed by atoms with van der Waals surface area (Å²) in [7, 11) is 0. The molecule has 1 fully saturated rings. The summed E-state index contributed by atoms with van der Waals surface area (Å²) in [5, 5.41) is 0.360. The SMILES string of the molecule is C#CC1CC(=O)N(c2cc(Cl)c(Br)cc2F)C1. The highest BCUT2D eigenvalue weighted by molar-refractivity contribution is 9.10. The zero-order valence-corrected chi connectivity index (χ0v) is 11.1. The van der Waals surface area contributed by atoms with Crippen molar-refractivity contribution in [2.24, 2.45) is 5.92 Å². The van der Waals surface area contributed by atoms with Gasteiger partial charge in [-0.3, -0.25) is 4.79 Å². The van der Waals surface area contributed by atoms with Crippen LogP contribution < -0.4 is 4.90 Å². The Hall–Kier alpha value is -1.05. The molecule has 5 heteroatoms. The lowest BCUT2D eigenvalue weighted by Crippen LogP contribution is -2.25. The van der Waals surface area contributed by atoms with E-state index in [0.717, 1.165) is 0 Å². The number of rotatable bonds is 1. The molecule has 1 aliphatic rings. The van der Waals surface area contributed by atoms with Crippen LogP contribution in [0.4, 0.5) is 10.1 Å². The standard InChI is InChI=1S/C12H8BrClFNO/c1-2-7-3-12(17)16(6-7)11-5-9(14)8(13)4-10(11)15/h1,4-5,7H,3,6H2. The predicted octanol–water partition coefficient (Wildman–Crippen LogP) is 3.23. The summed E-state index contributed by atoms with van der Waals surface area (Å²) in [4.78, 5) is 13.0. The topological polar surface area (TPSA) is 20.3 Å². The van der Waals surface area contributed by atoms with E-state index in [4.69, 9.17) is 18.0 Å². The highest BCUT2D eigenvalue weighted by Crippen LogP contribution is 2.33. The molecule has 0 spiro atoms. The number of anilines is 1. The minimum absolute atomic E-state index is 0.163. The first-order chi connectivity index (χ1) is 8.02. The van der Waals surface area contributed by atoms with Crippen molar-refractivity contribution in [2.75, 3.05) is 11.4 Å². The fraction of sp³-hybridized carbons (Fsp3) is 0.250. The lowest BCUT2D eigenvalue weighted by molar-refractivity contribution is -0.117. The molecule has 1 amide bonds. The number of hydrogen-bond acceptors (Lipinski definition) is 1. The number of carbonyl (C=O) groups is 1. The van der Waals surface area contributed by atoms with Crippen molar-refractivity contribution in [1.82, 2.24) is 0 Å². The van der Waals surface area contributed by atoms with Gasteiger partial charge in [-0.2, -0.15) is 0 Å². The molecule has 1 atom stereocenters. The summed E-state index contributed by atoms with van der Waals surface area (Å²) in [5.74, 6) is 1.68. The highest BCUT2D eigenvalue weighted by atomic mass is 79.9. The van der Waals surface area contributed by atoms with Gasteiger partial charge >= 0.3 is 0 Å². The second kappa shape index (κ2) is 4.67. The first-order valence-corrected chi connectivity index (χ1v) is 6.11. The molecule has 0 aromatic heterocycles. The van der Waals surface area contributed by atoms with E-state index in [0.29, 0.717) is 16.0 Å². The fourth-order valence-electron chi connectivity index (χ4n) is 1.77. The van der Waals surface area contributed by atoms with E-state index < -0.39 is 5.82 Å². The van der Waals surface area contributed by atoms with Gasteiger partial charge < -0.3 is 4.90 Å². The number of hydrogen-bond donors (Lipinski definition) is 0. The first kappa shape index (κ1) is 12.4. The fourth-order valence-corrected chi connectivity index (χ4v) is 2.24. The molecule has 2 nitrogen and oxygen atoms in total. The van der Waals surface area contributed by atoms with Crippen molar-refractivity contribution in [3.63, 3.8) is 0 Å². The molecule has 1 unspecified atom stereocenters. The Labute approximate surface area is 112 Å². The van der Waals surface area contributed by atoms with E-state index in [-0.39, 0.29) is 23.9 Å². The molecule has 1 aromatic carbocycles. The van der Waals surface area contributed by atoms with Crippen LogP contribution in [0.15, 0.2) is 16.6 Å². The van der Waals surface area contributed by atoms with Crippen molar-refractivity contribution in [3.05, 3.63) is 27.4 Å². The number of nitrogens with zero attached hydrogens (tertiary/aromatic N) is 1. The molecule has 17 heavy (non-hydrogen) atoms. The summed E-state index contributed by atoms with van der Waals surface area (Å²) < 4.78 is 14.2. The lowest BCUT2D eigenvalue weighted by Gasteiger charge is -2.17. The summed E-state index contributed by atoms with van der Waals surface area (Å²) >= 11 is 9.01. The van der Waals surface area contributed by atoms with E-state index >= 15 is 0 Å². The Kier molecular flexibility index (Phi) is 3.41. The third-order valence-electron chi connectivity index (χ3n) is 2.64. The molecule has 1 aromatic rings. The van der Waals surface area contributed by atoms with Crippen LogP contribution in [0.5, 0.6) is 0 Å². The maximum Gasteiger partial charge on any atom is 0.228 e.